The van der Waals surface area contributed by atoms with Crippen molar-refractivity contribution in [1.29, 1.82) is 0 Å². The lowest BCUT2D eigenvalue weighted by atomic mass is 10.0. The summed E-state index contributed by atoms with van der Waals surface area (Å²) in [6, 6.07) is 60.1. The molecule has 10 rings (SSSR count). The number of hydrogen-bond donors (Lipinski definition) is 0. The van der Waals surface area contributed by atoms with E-state index in [0.717, 1.165) is 48.5 Å². The van der Waals surface area contributed by atoms with Crippen molar-refractivity contribution in [3.8, 4) is 26.8 Å². The smallest absolute Gasteiger partial charge is 0.195 e. The average molecular weight is 677 g/mol. The molecule has 3 heterocycles. The molecule has 236 valence electrons. The number of thiazole rings is 2. The van der Waals surface area contributed by atoms with Crippen molar-refractivity contribution >= 4 is 82.0 Å². The Morgan fingerprint density at radius 1 is 0.420 bits per heavy atom. The van der Waals surface area contributed by atoms with E-state index in [1.54, 1.807) is 22.7 Å². The van der Waals surface area contributed by atoms with Crippen LogP contribution in [0.4, 0.5) is 17.1 Å². The van der Waals surface area contributed by atoms with Crippen LogP contribution in [0, 0.1) is 0 Å². The van der Waals surface area contributed by atoms with E-state index in [-0.39, 0.29) is 0 Å². The Morgan fingerprint density at radius 3 is 1.58 bits per heavy atom. The van der Waals surface area contributed by atoms with Gasteiger partial charge in [-0.3, -0.25) is 4.57 Å². The van der Waals surface area contributed by atoms with Crippen molar-refractivity contribution in [3.05, 3.63) is 170 Å². The van der Waals surface area contributed by atoms with Gasteiger partial charge in [-0.2, -0.15) is 0 Å². The van der Waals surface area contributed by atoms with Crippen LogP contribution in [-0.2, 0) is 0 Å². The molecule has 0 radical (unpaired) electrons. The first-order chi connectivity index (χ1) is 24.8. The molecule has 0 bridgehead atoms. The van der Waals surface area contributed by atoms with Gasteiger partial charge in [0.1, 0.15) is 5.01 Å². The average Bonchev–Trinajstić information content (AvgIpc) is 3.89. The van der Waals surface area contributed by atoms with Gasteiger partial charge in [0.05, 0.1) is 31.5 Å². The molecule has 0 aliphatic rings. The molecule has 0 spiro atoms. The minimum atomic E-state index is 0.977. The summed E-state index contributed by atoms with van der Waals surface area (Å²) >= 11 is 3.46. The fraction of sp³-hybridized carbons (Fsp3) is 0. The molecule has 0 N–H and O–H groups in total. The zero-order valence-corrected chi connectivity index (χ0v) is 28.4. The molecule has 50 heavy (non-hydrogen) atoms. The highest BCUT2D eigenvalue weighted by Gasteiger charge is 2.17. The Kier molecular flexibility index (Phi) is 6.82. The molecule has 0 saturated heterocycles. The summed E-state index contributed by atoms with van der Waals surface area (Å²) < 4.78 is 4.62. The Labute approximate surface area is 296 Å². The predicted octanol–water partition coefficient (Wildman–Crippen LogP) is 12.8. The molecule has 0 amide bonds. The third-order valence-corrected chi connectivity index (χ3v) is 11.3. The number of rotatable bonds is 6. The van der Waals surface area contributed by atoms with Gasteiger partial charge in [-0.05, 0) is 90.0 Å². The van der Waals surface area contributed by atoms with Crippen LogP contribution >= 0.6 is 22.7 Å². The summed E-state index contributed by atoms with van der Waals surface area (Å²) in [5.41, 5.74) is 11.2. The second-order valence-corrected chi connectivity index (χ2v) is 14.3. The van der Waals surface area contributed by atoms with E-state index < -0.39 is 0 Å². The van der Waals surface area contributed by atoms with Crippen LogP contribution < -0.4 is 4.90 Å². The number of nitrogens with zero attached hydrogens (tertiary/aromatic N) is 4. The lowest BCUT2D eigenvalue weighted by Gasteiger charge is -2.25. The highest BCUT2D eigenvalue weighted by Crippen LogP contribution is 2.39. The van der Waals surface area contributed by atoms with Crippen molar-refractivity contribution in [2.75, 3.05) is 4.90 Å². The Bertz CT molecular complexity index is 2720. The second-order valence-electron chi connectivity index (χ2n) is 12.3. The van der Waals surface area contributed by atoms with Gasteiger partial charge in [-0.1, -0.05) is 102 Å². The summed E-state index contributed by atoms with van der Waals surface area (Å²) in [5.74, 6) is 0. The van der Waals surface area contributed by atoms with Crippen molar-refractivity contribution in [2.24, 2.45) is 0 Å². The molecule has 0 atom stereocenters. The minimum absolute atomic E-state index is 0.977. The van der Waals surface area contributed by atoms with Crippen LogP contribution in [0.25, 0.3) is 69.1 Å². The lowest BCUT2D eigenvalue weighted by molar-refractivity contribution is 1.15. The van der Waals surface area contributed by atoms with Crippen LogP contribution in [0.5, 0.6) is 0 Å². The molecular weight excluding hydrogens is 649 g/mol. The fourth-order valence-corrected chi connectivity index (χ4v) is 8.94. The summed E-state index contributed by atoms with van der Waals surface area (Å²) in [6.07, 6.45) is 0. The zero-order valence-electron chi connectivity index (χ0n) is 26.8. The predicted molar refractivity (Wildman–Crippen MR) is 213 cm³/mol. The van der Waals surface area contributed by atoms with E-state index in [0.29, 0.717) is 0 Å². The van der Waals surface area contributed by atoms with E-state index in [1.165, 1.54) is 37.6 Å². The Balaban J connectivity index is 0.974. The maximum atomic E-state index is 5.09. The number of para-hydroxylation sites is 4. The molecule has 0 unspecified atom stereocenters. The number of hydrogen-bond acceptors (Lipinski definition) is 5. The van der Waals surface area contributed by atoms with Gasteiger partial charge in [0.15, 0.2) is 5.13 Å². The first kappa shape index (κ1) is 28.9. The molecule has 7 aromatic carbocycles. The summed E-state index contributed by atoms with van der Waals surface area (Å²) in [5, 5.41) is 4.48. The van der Waals surface area contributed by atoms with Crippen molar-refractivity contribution in [3.63, 3.8) is 0 Å². The van der Waals surface area contributed by atoms with Gasteiger partial charge in [0, 0.05) is 33.4 Å². The monoisotopic (exact) mass is 676 g/mol. The SMILES string of the molecule is c1ccc(N(c2ccccc2)c2ccc(-c3ccc4nc(-c5ccc6nc(-n7c8ccccc8c8ccccc87)sc6c5)sc4c3)cc2)cc1. The molecule has 3 aromatic heterocycles. The minimum Gasteiger partial charge on any atom is -0.311 e. The zero-order chi connectivity index (χ0) is 33.0. The lowest BCUT2D eigenvalue weighted by Crippen LogP contribution is -2.09. The van der Waals surface area contributed by atoms with E-state index in [2.05, 4.69) is 179 Å². The van der Waals surface area contributed by atoms with Gasteiger partial charge in [-0.25, -0.2) is 9.97 Å². The highest BCUT2D eigenvalue weighted by atomic mass is 32.1. The van der Waals surface area contributed by atoms with Crippen LogP contribution in [-0.4, -0.2) is 14.5 Å². The number of fused-ring (bicyclic) bond motifs is 5. The van der Waals surface area contributed by atoms with Crippen LogP contribution in [0.2, 0.25) is 0 Å². The first-order valence-corrected chi connectivity index (χ1v) is 18.2. The third kappa shape index (κ3) is 4.88. The summed E-state index contributed by atoms with van der Waals surface area (Å²) in [6.45, 7) is 0. The van der Waals surface area contributed by atoms with Gasteiger partial charge >= 0.3 is 0 Å². The molecular formula is C44H28N4S2. The fourth-order valence-electron chi connectivity index (χ4n) is 6.90. The van der Waals surface area contributed by atoms with E-state index in [4.69, 9.17) is 9.97 Å². The van der Waals surface area contributed by atoms with E-state index in [9.17, 15) is 0 Å². The van der Waals surface area contributed by atoms with Gasteiger partial charge in [0.25, 0.3) is 0 Å². The van der Waals surface area contributed by atoms with E-state index in [1.807, 2.05) is 0 Å². The van der Waals surface area contributed by atoms with Gasteiger partial charge in [-0.15, -0.1) is 11.3 Å². The molecule has 0 aliphatic carbocycles. The Hall–Kier alpha value is -6.08. The largest absolute Gasteiger partial charge is 0.311 e. The van der Waals surface area contributed by atoms with Crippen molar-refractivity contribution < 1.29 is 0 Å². The standard InChI is InChI=1S/C44H28N4S2/c1-3-11-32(12-4-1)47(33-13-5-2-6-14-33)34-23-19-29(20-24-34)30-21-25-37-41(27-30)49-43(45-37)31-22-26-38-42(28-31)50-44(46-38)48-39-17-9-7-15-35(39)36-16-8-10-18-40(36)48/h1-28H. The molecule has 10 aromatic rings. The van der Waals surface area contributed by atoms with Crippen molar-refractivity contribution in [2.45, 2.75) is 0 Å². The maximum absolute atomic E-state index is 5.09. The van der Waals surface area contributed by atoms with Crippen LogP contribution in [0.1, 0.15) is 0 Å². The highest BCUT2D eigenvalue weighted by molar-refractivity contribution is 7.22. The second kappa shape index (κ2) is 11.8. The quantitative estimate of drug-likeness (QED) is 0.176. The number of benzene rings is 7. The maximum Gasteiger partial charge on any atom is 0.195 e. The normalized spacial score (nSPS) is 11.6. The Morgan fingerprint density at radius 2 is 0.920 bits per heavy atom. The van der Waals surface area contributed by atoms with Crippen LogP contribution in [0.3, 0.4) is 0 Å². The molecule has 0 saturated carbocycles. The summed E-state index contributed by atoms with van der Waals surface area (Å²) in [7, 11) is 0. The van der Waals surface area contributed by atoms with Crippen molar-refractivity contribution in [1.82, 2.24) is 14.5 Å². The molecule has 0 fully saturated rings. The van der Waals surface area contributed by atoms with Gasteiger partial charge in [0.2, 0.25) is 0 Å². The van der Waals surface area contributed by atoms with Crippen LogP contribution in [0.15, 0.2) is 170 Å². The van der Waals surface area contributed by atoms with E-state index >= 15 is 0 Å². The third-order valence-electron chi connectivity index (χ3n) is 9.27. The topological polar surface area (TPSA) is 34.0 Å². The molecule has 6 heteroatoms. The first-order valence-electron chi connectivity index (χ1n) is 16.6. The number of anilines is 3. The summed E-state index contributed by atoms with van der Waals surface area (Å²) in [4.78, 5) is 12.4. The molecule has 0 aliphatic heterocycles. The number of aromatic nitrogens is 3. The molecule has 4 nitrogen and oxygen atoms in total. The van der Waals surface area contributed by atoms with Gasteiger partial charge < -0.3 is 4.90 Å².